The van der Waals surface area contributed by atoms with Gasteiger partial charge in [0.2, 0.25) is 0 Å². The molecule has 1 heterocycles. The van der Waals surface area contributed by atoms with Crippen molar-refractivity contribution >= 4 is 32.9 Å². The number of fused-ring (bicyclic) bond motifs is 1. The van der Waals surface area contributed by atoms with E-state index in [1.54, 1.807) is 22.9 Å². The Hall–Kier alpha value is -2.21. The number of halogens is 1. The first-order chi connectivity index (χ1) is 9.56. The topological polar surface area (TPSA) is 68.0 Å². The van der Waals surface area contributed by atoms with E-state index >= 15 is 0 Å². The lowest BCUT2D eigenvalue weighted by Gasteiger charge is -2.06. The molecule has 6 heteroatoms. The minimum absolute atomic E-state index is 0.185. The van der Waals surface area contributed by atoms with E-state index in [1.165, 1.54) is 0 Å². The van der Waals surface area contributed by atoms with Crippen LogP contribution in [0.1, 0.15) is 15.9 Å². The highest BCUT2D eigenvalue weighted by Crippen LogP contribution is 2.23. The van der Waals surface area contributed by atoms with Gasteiger partial charge in [0.15, 0.2) is 0 Å². The molecule has 100 valence electrons. The summed E-state index contributed by atoms with van der Waals surface area (Å²) in [4.78, 5) is 11.4. The number of carboxylic acids is 1. The third-order valence-corrected chi connectivity index (χ3v) is 3.43. The molecular formula is C14H10BrN3O2. The summed E-state index contributed by atoms with van der Waals surface area (Å²) in [5, 5.41) is 17.4. The Balaban J connectivity index is 2.34. The summed E-state index contributed by atoms with van der Waals surface area (Å²) in [6, 6.07) is 10.7. The molecule has 2 aromatic carbocycles. The fraction of sp³-hybridized carbons (Fsp3) is 0.0714. The van der Waals surface area contributed by atoms with Crippen molar-refractivity contribution in [2.75, 3.05) is 0 Å². The van der Waals surface area contributed by atoms with Crippen LogP contribution in [-0.2, 0) is 0 Å². The van der Waals surface area contributed by atoms with E-state index in [1.807, 2.05) is 25.1 Å². The molecule has 20 heavy (non-hydrogen) atoms. The van der Waals surface area contributed by atoms with Gasteiger partial charge in [-0.2, -0.15) is 0 Å². The first-order valence-corrected chi connectivity index (χ1v) is 6.71. The number of hydrogen-bond donors (Lipinski definition) is 1. The maximum absolute atomic E-state index is 11.4. The van der Waals surface area contributed by atoms with Crippen LogP contribution in [0.5, 0.6) is 0 Å². The van der Waals surface area contributed by atoms with Crippen molar-refractivity contribution in [2.24, 2.45) is 0 Å². The van der Waals surface area contributed by atoms with Gasteiger partial charge in [-0.3, -0.25) is 0 Å². The van der Waals surface area contributed by atoms with Gasteiger partial charge < -0.3 is 5.11 Å². The van der Waals surface area contributed by atoms with Crippen molar-refractivity contribution in [3.05, 3.63) is 52.0 Å². The number of carbonyl (C=O) groups is 1. The molecule has 0 aliphatic carbocycles. The van der Waals surface area contributed by atoms with E-state index in [4.69, 9.17) is 0 Å². The number of nitrogens with zero attached hydrogens (tertiary/aromatic N) is 3. The molecule has 0 spiro atoms. The number of para-hydroxylation sites is 1. The fourth-order valence-corrected chi connectivity index (χ4v) is 2.76. The first-order valence-electron chi connectivity index (χ1n) is 5.91. The Morgan fingerprint density at radius 2 is 2.10 bits per heavy atom. The molecule has 0 atom stereocenters. The maximum Gasteiger partial charge on any atom is 0.337 e. The zero-order valence-electron chi connectivity index (χ0n) is 10.5. The standard InChI is InChI=1S/C14H10BrN3O2/c1-8-5-9(15)7-10(6-8)18-13-11(14(19)20)3-2-4-12(13)16-17-18/h2-7H,1H3,(H,19,20). The zero-order valence-corrected chi connectivity index (χ0v) is 12.1. The van der Waals surface area contributed by atoms with Crippen molar-refractivity contribution in [1.29, 1.82) is 0 Å². The van der Waals surface area contributed by atoms with E-state index in [9.17, 15) is 9.90 Å². The molecule has 0 aliphatic heterocycles. The number of benzene rings is 2. The summed E-state index contributed by atoms with van der Waals surface area (Å²) in [6.45, 7) is 1.96. The summed E-state index contributed by atoms with van der Waals surface area (Å²) >= 11 is 3.43. The van der Waals surface area contributed by atoms with Crippen LogP contribution in [0.15, 0.2) is 40.9 Å². The third-order valence-electron chi connectivity index (χ3n) is 2.97. The number of carboxylic acid groups (broad SMARTS) is 1. The van der Waals surface area contributed by atoms with Gasteiger partial charge in [0.1, 0.15) is 11.0 Å². The monoisotopic (exact) mass is 331 g/mol. The number of rotatable bonds is 2. The van der Waals surface area contributed by atoms with Crippen LogP contribution in [0, 0.1) is 6.92 Å². The molecular weight excluding hydrogens is 322 g/mol. The number of aromatic nitrogens is 3. The largest absolute Gasteiger partial charge is 0.478 e. The summed E-state index contributed by atoms with van der Waals surface area (Å²) in [5.41, 5.74) is 3.06. The van der Waals surface area contributed by atoms with E-state index in [2.05, 4.69) is 26.2 Å². The molecule has 0 amide bonds. The van der Waals surface area contributed by atoms with Crippen molar-refractivity contribution in [2.45, 2.75) is 6.92 Å². The lowest BCUT2D eigenvalue weighted by molar-refractivity contribution is 0.0698. The summed E-state index contributed by atoms with van der Waals surface area (Å²) in [7, 11) is 0. The summed E-state index contributed by atoms with van der Waals surface area (Å²) in [5.74, 6) is -0.995. The number of aryl methyl sites for hydroxylation is 1. The third kappa shape index (κ3) is 2.08. The highest BCUT2D eigenvalue weighted by atomic mass is 79.9. The Morgan fingerprint density at radius 3 is 2.80 bits per heavy atom. The van der Waals surface area contributed by atoms with Gasteiger partial charge in [-0.1, -0.05) is 27.2 Å². The lowest BCUT2D eigenvalue weighted by Crippen LogP contribution is -2.03. The molecule has 1 N–H and O–H groups in total. The normalized spacial score (nSPS) is 10.9. The molecule has 0 fully saturated rings. The second-order valence-electron chi connectivity index (χ2n) is 4.47. The molecule has 0 radical (unpaired) electrons. The Morgan fingerprint density at radius 1 is 1.30 bits per heavy atom. The maximum atomic E-state index is 11.4. The van der Waals surface area contributed by atoms with Crippen LogP contribution < -0.4 is 0 Å². The summed E-state index contributed by atoms with van der Waals surface area (Å²) in [6.07, 6.45) is 0. The molecule has 0 unspecified atom stereocenters. The second-order valence-corrected chi connectivity index (χ2v) is 5.38. The van der Waals surface area contributed by atoms with Crippen LogP contribution in [0.3, 0.4) is 0 Å². The Kier molecular flexibility index (Phi) is 3.02. The molecule has 5 nitrogen and oxygen atoms in total. The van der Waals surface area contributed by atoms with Gasteiger partial charge in [-0.25, -0.2) is 9.48 Å². The molecule has 0 saturated carbocycles. The van der Waals surface area contributed by atoms with Crippen molar-refractivity contribution in [1.82, 2.24) is 15.0 Å². The summed E-state index contributed by atoms with van der Waals surface area (Å²) < 4.78 is 2.46. The molecule has 3 rings (SSSR count). The van der Waals surface area contributed by atoms with Crippen LogP contribution in [0.4, 0.5) is 0 Å². The Bertz CT molecular complexity index is 806. The lowest BCUT2D eigenvalue weighted by atomic mass is 10.1. The van der Waals surface area contributed by atoms with Crippen LogP contribution in [0.25, 0.3) is 16.7 Å². The predicted octanol–water partition coefficient (Wildman–Crippen LogP) is 3.19. The highest BCUT2D eigenvalue weighted by molar-refractivity contribution is 9.10. The van der Waals surface area contributed by atoms with Gasteiger partial charge in [-0.15, -0.1) is 5.10 Å². The molecule has 0 saturated heterocycles. The average molecular weight is 332 g/mol. The van der Waals surface area contributed by atoms with Crippen LogP contribution >= 0.6 is 15.9 Å². The van der Waals surface area contributed by atoms with Gasteiger partial charge >= 0.3 is 5.97 Å². The van der Waals surface area contributed by atoms with Gasteiger partial charge in [0.25, 0.3) is 0 Å². The van der Waals surface area contributed by atoms with Crippen LogP contribution in [0.2, 0.25) is 0 Å². The van der Waals surface area contributed by atoms with Crippen molar-refractivity contribution < 1.29 is 9.90 Å². The van der Waals surface area contributed by atoms with Gasteiger partial charge in [-0.05, 0) is 42.8 Å². The average Bonchev–Trinajstić information content (AvgIpc) is 2.80. The first kappa shape index (κ1) is 12.8. The molecule has 0 aliphatic rings. The zero-order chi connectivity index (χ0) is 14.3. The predicted molar refractivity (Wildman–Crippen MR) is 78.3 cm³/mol. The van der Waals surface area contributed by atoms with E-state index in [-0.39, 0.29) is 5.56 Å². The molecule has 3 aromatic rings. The molecule has 0 bridgehead atoms. The number of hydrogen-bond acceptors (Lipinski definition) is 3. The second kappa shape index (κ2) is 4.72. The number of aromatic carboxylic acids is 1. The quantitative estimate of drug-likeness (QED) is 0.783. The fourth-order valence-electron chi connectivity index (χ4n) is 2.16. The minimum atomic E-state index is -0.995. The Labute approximate surface area is 123 Å². The molecule has 1 aromatic heterocycles. The van der Waals surface area contributed by atoms with Crippen molar-refractivity contribution in [3.63, 3.8) is 0 Å². The minimum Gasteiger partial charge on any atom is -0.478 e. The highest BCUT2D eigenvalue weighted by Gasteiger charge is 2.15. The van der Waals surface area contributed by atoms with E-state index in [0.29, 0.717) is 11.0 Å². The van der Waals surface area contributed by atoms with Gasteiger partial charge in [0.05, 0.1) is 11.3 Å². The van der Waals surface area contributed by atoms with Crippen molar-refractivity contribution in [3.8, 4) is 5.69 Å². The van der Waals surface area contributed by atoms with Crippen LogP contribution in [-0.4, -0.2) is 26.1 Å². The smallest absolute Gasteiger partial charge is 0.337 e. The SMILES string of the molecule is Cc1cc(Br)cc(-n2nnc3cccc(C(=O)O)c32)c1. The van der Waals surface area contributed by atoms with Gasteiger partial charge in [0, 0.05) is 4.47 Å². The van der Waals surface area contributed by atoms with E-state index in [0.717, 1.165) is 15.7 Å². The van der Waals surface area contributed by atoms with E-state index < -0.39 is 5.97 Å².